The molecule has 0 fully saturated rings. The third-order valence-corrected chi connectivity index (χ3v) is 13.3. The molecule has 0 amide bonds. The maximum absolute atomic E-state index is 12.5. The zero-order valence-electron chi connectivity index (χ0n) is 53.7. The van der Waals surface area contributed by atoms with Crippen LogP contribution in [0.1, 0.15) is 128 Å². The van der Waals surface area contributed by atoms with Crippen LogP contribution >= 0.6 is 12.4 Å². The number of carboxylic acids is 4. The molecule has 0 spiro atoms. The number of allylic oxidation sites excluding steroid dienone is 1. The number of aryl methyl sites for hydroxylation is 4. The van der Waals surface area contributed by atoms with Gasteiger partial charge in [0.2, 0.25) is 5.78 Å². The molecule has 0 aliphatic heterocycles. The van der Waals surface area contributed by atoms with E-state index in [9.17, 15) is 33.6 Å². The van der Waals surface area contributed by atoms with Crippen LogP contribution in [0, 0.1) is 49.1 Å². The Hall–Kier alpha value is -12.1. The number of hydrogen-bond donors (Lipinski definition) is 11. The Balaban J connectivity index is 0.00000122. The Kier molecular flexibility index (Phi) is 39.2. The molecule has 10 rings (SSSR count). The van der Waals surface area contributed by atoms with E-state index in [-0.39, 0.29) is 131 Å². The van der Waals surface area contributed by atoms with Gasteiger partial charge in [-0.15, -0.1) is 17.7 Å². The van der Waals surface area contributed by atoms with E-state index in [1.807, 2.05) is 82.3 Å². The summed E-state index contributed by atoms with van der Waals surface area (Å²) >= 11 is 0. The minimum atomic E-state index is -1.04. The Bertz CT molecular complexity index is 4260. The SMILES string of the molecule is C.C.CCO.Cc1ccc(C(=O)O)cc1-n1ncc(C(=O)c2ccccc2)c1N.Cc1ccc(C(=O)O)cc1-n1ncc(C(=O)c2ccccc2)c1N.Cc1ccc(C(=O)O)cc1N.Cc1ccc(C(=O)O)cc1NN.Cl.N#C/C(=C/Nc1ccccc1)C(=O)c1ccccc1.O=N[O-].[Na+]. The first kappa shape index (κ1) is 87.9. The van der Waals surface area contributed by atoms with Crippen molar-refractivity contribution in [2.24, 2.45) is 11.2 Å². The van der Waals surface area contributed by atoms with Gasteiger partial charge in [0.1, 0.15) is 23.3 Å². The summed E-state index contributed by atoms with van der Waals surface area (Å²) in [7, 11) is 0. The van der Waals surface area contributed by atoms with Crippen LogP contribution in [0.2, 0.25) is 0 Å². The molecule has 100 heavy (non-hydrogen) atoms. The van der Waals surface area contributed by atoms with E-state index in [0.717, 1.165) is 33.3 Å². The third kappa shape index (κ3) is 25.8. The molecule has 15 N–H and O–H groups in total. The number of hydrogen-bond acceptors (Lipinski definition) is 20. The van der Waals surface area contributed by atoms with E-state index in [0.29, 0.717) is 39.4 Å². The summed E-state index contributed by atoms with van der Waals surface area (Å²) in [6.45, 7) is 9.25. The summed E-state index contributed by atoms with van der Waals surface area (Å²) < 4.78 is 2.77. The standard InChI is InChI=1S/2C18H15N3O3.C16H12N2O.C8H10N2O2.C8H9NO2.C2H6O.2CH4.ClH.HNO2.Na/c2*1-11-7-8-13(18(23)24)9-15(11)21-17(19)14(10-20-21)16(22)12-5-3-2-4-6-12;17-11-14(12-18-15-9-5-2-6-10-15)16(19)13-7-3-1-4-8-13;1-5-2-3-6(8(11)12)4-7(5)10-9;1-5-2-3-6(8(10)11)4-7(5)9;1-2-3;;;;2-1-3;/h2*2-10H,19H2,1H3,(H,23,24);1-10,12,18H;2-4,10H,9H2,1H3,(H,11,12);2-4H,9H2,1H3,(H,10,11);3H,2H2,1H3;2*1H4;1H;(H,2,3);/q;;;;;;;;;;+1/p-1/b;;14-12-;;;;;;;;. The smallest absolute Gasteiger partial charge is 0.478 e. The van der Waals surface area contributed by atoms with Crippen molar-refractivity contribution in [3.8, 4) is 17.4 Å². The van der Waals surface area contributed by atoms with E-state index < -0.39 is 23.9 Å². The summed E-state index contributed by atoms with van der Waals surface area (Å²) in [6, 6.07) is 56.4. The fraction of sp³-hybridized carbons (Fsp3) is 0.111. The molecule has 8 aromatic carbocycles. The molecule has 26 nitrogen and oxygen atoms in total. The summed E-state index contributed by atoms with van der Waals surface area (Å²) in [4.78, 5) is 88.4. The number of anilines is 5. The van der Waals surface area contributed by atoms with E-state index in [4.69, 9.17) is 64.0 Å². The number of rotatable bonds is 15. The quantitative estimate of drug-likeness (QED) is 0.00664. The average molecular weight is 1390 g/mol. The number of nitrogens with two attached hydrogens (primary N) is 4. The van der Waals surface area contributed by atoms with Gasteiger partial charge >= 0.3 is 53.4 Å². The van der Waals surface area contributed by atoms with Gasteiger partial charge in [-0.3, -0.25) is 20.2 Å². The van der Waals surface area contributed by atoms with Gasteiger partial charge in [-0.1, -0.05) is 148 Å². The van der Waals surface area contributed by atoms with Crippen LogP contribution in [-0.2, 0) is 0 Å². The zero-order chi connectivity index (χ0) is 71.0. The second-order valence-electron chi connectivity index (χ2n) is 19.8. The number of aliphatic hydroxyl groups excluding tert-OH is 1. The van der Waals surface area contributed by atoms with E-state index in [1.54, 1.807) is 110 Å². The van der Waals surface area contributed by atoms with Crippen molar-refractivity contribution >= 4 is 82.3 Å². The Morgan fingerprint density at radius 1 is 0.530 bits per heavy atom. The van der Waals surface area contributed by atoms with Crippen LogP contribution in [0.3, 0.4) is 0 Å². The summed E-state index contributed by atoms with van der Waals surface area (Å²) in [5, 5.41) is 72.4. The van der Waals surface area contributed by atoms with Crippen molar-refractivity contribution in [1.29, 1.82) is 5.26 Å². The molecule has 0 bridgehead atoms. The number of nitrogens with one attached hydrogen (secondary N) is 2. The number of aromatic carboxylic acids is 4. The molecular formula is C72H76ClN12NaO14. The Morgan fingerprint density at radius 2 is 0.850 bits per heavy atom. The first-order valence-electron chi connectivity index (χ1n) is 28.4. The second kappa shape index (κ2) is 44.6. The molecule has 2 heterocycles. The molecule has 0 radical (unpaired) electrons. The van der Waals surface area contributed by atoms with Crippen molar-refractivity contribution in [3.63, 3.8) is 0 Å². The number of ketones is 3. The summed E-state index contributed by atoms with van der Waals surface area (Å²) in [5.74, 6) is 0.803. The number of carbonyl (C=O) groups is 7. The molecule has 516 valence electrons. The summed E-state index contributed by atoms with van der Waals surface area (Å²) in [5.41, 5.74) is 29.5. The van der Waals surface area contributed by atoms with E-state index >= 15 is 0 Å². The number of hydrazine groups is 1. The Labute approximate surface area is 605 Å². The molecule has 0 atom stereocenters. The topological polar surface area (TPSA) is 461 Å². The molecular weight excluding hydrogens is 1320 g/mol. The summed E-state index contributed by atoms with van der Waals surface area (Å²) in [6.07, 6.45) is 4.24. The first-order valence-corrected chi connectivity index (χ1v) is 28.4. The molecule has 0 aliphatic carbocycles. The number of aromatic nitrogens is 4. The maximum Gasteiger partial charge on any atom is 1.00 e. The fourth-order valence-corrected chi connectivity index (χ4v) is 8.15. The molecule has 0 saturated heterocycles. The number of halogens is 1. The largest absolute Gasteiger partial charge is 1.00 e. The van der Waals surface area contributed by atoms with Crippen LogP contribution in [0.5, 0.6) is 0 Å². The van der Waals surface area contributed by atoms with Crippen LogP contribution < -0.4 is 63.3 Å². The van der Waals surface area contributed by atoms with Gasteiger partial charge in [0, 0.05) is 40.9 Å². The normalized spacial score (nSPS) is 9.56. The molecule has 2 aromatic heterocycles. The van der Waals surface area contributed by atoms with Gasteiger partial charge in [-0.05, 0) is 118 Å². The van der Waals surface area contributed by atoms with Crippen molar-refractivity contribution in [2.45, 2.75) is 49.5 Å². The number of aliphatic hydroxyl groups is 1. The molecule has 0 unspecified atom stereocenters. The minimum Gasteiger partial charge on any atom is -0.478 e. The maximum atomic E-state index is 12.5. The van der Waals surface area contributed by atoms with Crippen molar-refractivity contribution in [1.82, 2.24) is 19.6 Å². The van der Waals surface area contributed by atoms with Gasteiger partial charge in [-0.25, -0.2) is 28.5 Å². The van der Waals surface area contributed by atoms with Crippen LogP contribution in [-0.4, -0.2) is 92.9 Å². The zero-order valence-corrected chi connectivity index (χ0v) is 56.5. The van der Waals surface area contributed by atoms with E-state index in [1.165, 1.54) is 70.4 Å². The van der Waals surface area contributed by atoms with Gasteiger partial charge < -0.3 is 63.6 Å². The van der Waals surface area contributed by atoms with Gasteiger partial charge in [0.05, 0.1) is 62.8 Å². The molecule has 28 heteroatoms. The fourth-order valence-electron chi connectivity index (χ4n) is 8.15. The Morgan fingerprint density at radius 3 is 1.19 bits per heavy atom. The van der Waals surface area contributed by atoms with Crippen molar-refractivity contribution in [3.05, 3.63) is 301 Å². The van der Waals surface area contributed by atoms with Crippen molar-refractivity contribution in [2.75, 3.05) is 34.6 Å². The minimum absolute atomic E-state index is 0. The third-order valence-electron chi connectivity index (χ3n) is 13.3. The van der Waals surface area contributed by atoms with Crippen molar-refractivity contribution < 1.29 is 88.7 Å². The number of nitrogen functional groups attached to an aromatic ring is 4. The molecule has 10 aromatic rings. The number of nitriles is 1. The van der Waals surface area contributed by atoms with Gasteiger partial charge in [0.15, 0.2) is 11.6 Å². The second-order valence-corrected chi connectivity index (χ2v) is 19.8. The predicted octanol–water partition coefficient (Wildman–Crippen LogP) is 9.97. The number of nitrogens with zero attached hydrogens (tertiary/aromatic N) is 6. The number of carbonyl (C=O) groups excluding carboxylic acids is 3. The van der Waals surface area contributed by atoms with Gasteiger partial charge in [-0.2, -0.15) is 15.5 Å². The number of para-hydroxylation sites is 1. The van der Waals surface area contributed by atoms with Crippen LogP contribution in [0.25, 0.3) is 11.4 Å². The molecule has 0 saturated carbocycles. The number of carboxylic acid groups (broad SMARTS) is 4. The van der Waals surface area contributed by atoms with Crippen LogP contribution in [0.4, 0.5) is 28.7 Å². The first-order chi connectivity index (χ1) is 45.9. The van der Waals surface area contributed by atoms with Crippen LogP contribution in [0.15, 0.2) is 224 Å². The van der Waals surface area contributed by atoms with Gasteiger partial charge in [0.25, 0.3) is 0 Å². The predicted molar refractivity (Wildman–Crippen MR) is 385 cm³/mol. The monoisotopic (exact) mass is 1390 g/mol. The molecule has 0 aliphatic rings. The number of Topliss-reactive ketones (excluding diaryl/α,β-unsaturated/α-hetero) is 1. The van der Waals surface area contributed by atoms with E-state index in [2.05, 4.69) is 20.9 Å². The number of benzene rings is 8. The average Bonchev–Trinajstić information content (AvgIpc) is 1.64.